The maximum atomic E-state index is 14.8. The fraction of sp³-hybridized carbons (Fsp3) is 0.625. The molecule has 5 N–H and O–H groups in total. The number of imide groups is 1. The molecule has 488 valence electrons. The number of hydrogen-bond acceptors (Lipinski definition) is 13. The van der Waals surface area contributed by atoms with Crippen LogP contribution in [-0.2, 0) is 70.4 Å². The van der Waals surface area contributed by atoms with Crippen LogP contribution in [0, 0.1) is 29.6 Å². The number of benzene rings is 2. The molecule has 11 atom stereocenters. The zero-order chi connectivity index (χ0) is 65.9. The van der Waals surface area contributed by atoms with Crippen molar-refractivity contribution in [3.05, 3.63) is 74.7 Å². The molecule has 2 aliphatic heterocycles. The largest absolute Gasteiger partial charge is 0.445 e. The molecule has 4 rings (SSSR count). The van der Waals surface area contributed by atoms with Crippen LogP contribution in [0.1, 0.15) is 132 Å². The Kier molecular flexibility index (Phi) is 29.7. The molecular weight excluding hydrogens is 1260 g/mol. The molecule has 2 unspecified atom stereocenters. The van der Waals surface area contributed by atoms with Crippen molar-refractivity contribution in [2.45, 2.75) is 189 Å². The zero-order valence-electron chi connectivity index (χ0n) is 53.9. The van der Waals surface area contributed by atoms with Crippen LogP contribution in [0.2, 0.25) is 0 Å². The van der Waals surface area contributed by atoms with Crippen LogP contribution in [0.5, 0.6) is 0 Å². The van der Waals surface area contributed by atoms with Crippen molar-refractivity contribution >= 4 is 96.8 Å². The SMILES string of the molecule is CC[C@@H](C)[C@@H]([C@@H](CC(=O)N1CCC[C@H]1[C@H](OC)[C@@H](C)C(=O)N[C@@H](C)Cc1ccccc1)OC)N(C)C(=O)[C@@H](NC(=O)C(C(C)C)N(C)C(=O)OCc1ccc(NC(=O)[C@@H](C)NC(=O)C(NC(=O)CCCCN2C(=O)C(Br)=C(Br)C2=O)C(C)C)cc1)C(C)C. The van der Waals surface area contributed by atoms with E-state index in [-0.39, 0.29) is 70.7 Å². The molecule has 2 aromatic carbocycles. The normalized spacial score (nSPS) is 17.8. The Bertz CT molecular complexity index is 2740. The summed E-state index contributed by atoms with van der Waals surface area (Å²) in [6.45, 7) is 20.4. The van der Waals surface area contributed by atoms with Gasteiger partial charge in [-0.15, -0.1) is 0 Å². The van der Waals surface area contributed by atoms with Gasteiger partial charge in [-0.3, -0.25) is 53.0 Å². The first-order valence-corrected chi connectivity index (χ1v) is 32.1. The fourth-order valence-electron chi connectivity index (χ4n) is 11.3. The Labute approximate surface area is 536 Å². The van der Waals surface area contributed by atoms with Gasteiger partial charge in [0.05, 0.1) is 36.6 Å². The van der Waals surface area contributed by atoms with Crippen LogP contribution in [0.25, 0.3) is 0 Å². The fourth-order valence-corrected chi connectivity index (χ4v) is 12.1. The number of halogens is 2. The highest BCUT2D eigenvalue weighted by atomic mass is 79.9. The second-order valence-electron chi connectivity index (χ2n) is 24.3. The number of carbonyl (C=O) groups excluding carboxylic acids is 10. The maximum absolute atomic E-state index is 14.8. The first-order valence-electron chi connectivity index (χ1n) is 30.6. The summed E-state index contributed by atoms with van der Waals surface area (Å²) in [5, 5.41) is 14.2. The van der Waals surface area contributed by atoms with Crippen LogP contribution < -0.4 is 26.6 Å². The molecule has 2 aromatic rings. The highest BCUT2D eigenvalue weighted by Crippen LogP contribution is 2.32. The molecule has 0 spiro atoms. The van der Waals surface area contributed by atoms with E-state index in [0.29, 0.717) is 49.9 Å². The van der Waals surface area contributed by atoms with Gasteiger partial charge < -0.3 is 50.6 Å². The molecule has 24 heteroatoms. The van der Waals surface area contributed by atoms with E-state index in [4.69, 9.17) is 14.2 Å². The van der Waals surface area contributed by atoms with Gasteiger partial charge in [0, 0.05) is 59.6 Å². The summed E-state index contributed by atoms with van der Waals surface area (Å²) in [6, 6.07) is 11.3. The van der Waals surface area contributed by atoms with E-state index >= 15 is 0 Å². The maximum Gasteiger partial charge on any atom is 0.410 e. The lowest BCUT2D eigenvalue weighted by atomic mass is 9.89. The molecule has 0 aromatic heterocycles. The van der Waals surface area contributed by atoms with E-state index in [1.54, 1.807) is 75.9 Å². The van der Waals surface area contributed by atoms with Crippen molar-refractivity contribution in [3.8, 4) is 0 Å². The quantitative estimate of drug-likeness (QED) is 0.0350. The van der Waals surface area contributed by atoms with Gasteiger partial charge in [-0.2, -0.15) is 0 Å². The minimum absolute atomic E-state index is 0.0466. The summed E-state index contributed by atoms with van der Waals surface area (Å²) < 4.78 is 18.0. The highest BCUT2D eigenvalue weighted by Gasteiger charge is 2.44. The lowest BCUT2D eigenvalue weighted by molar-refractivity contribution is -0.148. The Morgan fingerprint density at radius 2 is 1.30 bits per heavy atom. The number of carbonyl (C=O) groups is 10. The minimum Gasteiger partial charge on any atom is -0.445 e. The topological polar surface area (TPSA) is 272 Å². The highest BCUT2D eigenvalue weighted by molar-refractivity contribution is 9.14. The molecule has 0 saturated carbocycles. The molecule has 1 saturated heterocycles. The number of hydrogen-bond donors (Lipinski definition) is 5. The number of nitrogens with one attached hydrogen (secondary N) is 5. The molecule has 10 amide bonds. The second kappa shape index (κ2) is 35.2. The number of amides is 10. The van der Waals surface area contributed by atoms with Crippen LogP contribution in [-0.4, -0.2) is 175 Å². The van der Waals surface area contributed by atoms with Crippen LogP contribution >= 0.6 is 31.9 Å². The van der Waals surface area contributed by atoms with E-state index in [9.17, 15) is 47.9 Å². The third-order valence-electron chi connectivity index (χ3n) is 16.6. The summed E-state index contributed by atoms with van der Waals surface area (Å²) in [6.07, 6.45) is 1.33. The van der Waals surface area contributed by atoms with Gasteiger partial charge in [-0.25, -0.2) is 4.79 Å². The standard InChI is InChI=1S/C64H95Br2N9O13/c1-16-39(8)55(47(86-14)34-49(77)74-32-22-25-46(74)56(87-15)41(10)57(78)67-40(9)33-43-23-18-17-19-24-43)72(12)63(84)53(37(4)5)71-60(81)54(38(6)7)73(13)64(85)88-35-44-27-29-45(30-28-44)69-58(79)42(11)68-59(80)52(36(2)3)70-48(76)26-20-21-31-75-61(82)50(65)51(66)62(75)83/h17-19,23-24,27-30,36-42,46-47,52-56H,16,20-22,25-26,31-35H2,1-15H3,(H,67,78)(H,68,80)(H,69,79)(H,70,76)(H,71,81)/t39-,40+,41-,42-,46+,47-,52?,53+,54?,55+,56-/m1/s1. The van der Waals surface area contributed by atoms with Crippen molar-refractivity contribution < 1.29 is 62.2 Å². The lowest BCUT2D eigenvalue weighted by Gasteiger charge is -2.41. The summed E-state index contributed by atoms with van der Waals surface area (Å²) in [4.78, 5) is 140. The monoisotopic (exact) mass is 1360 g/mol. The smallest absolute Gasteiger partial charge is 0.410 e. The summed E-state index contributed by atoms with van der Waals surface area (Å²) in [5.74, 6) is -5.53. The number of ether oxygens (including phenoxy) is 3. The van der Waals surface area contributed by atoms with Gasteiger partial charge in [-0.05, 0) is 125 Å². The summed E-state index contributed by atoms with van der Waals surface area (Å²) in [7, 11) is 6.20. The Morgan fingerprint density at radius 1 is 0.682 bits per heavy atom. The molecule has 0 radical (unpaired) electrons. The number of methoxy groups -OCH3 is 2. The molecule has 2 aliphatic rings. The van der Waals surface area contributed by atoms with Gasteiger partial charge in [0.15, 0.2) is 0 Å². The van der Waals surface area contributed by atoms with Crippen molar-refractivity contribution in [2.24, 2.45) is 29.6 Å². The summed E-state index contributed by atoms with van der Waals surface area (Å²) >= 11 is 6.18. The number of likely N-dealkylation sites (tertiary alicyclic amines) is 1. The lowest BCUT2D eigenvalue weighted by Crippen LogP contribution is -2.60. The number of anilines is 1. The molecule has 88 heavy (non-hydrogen) atoms. The first-order chi connectivity index (χ1) is 41.5. The van der Waals surface area contributed by atoms with Crippen LogP contribution in [0.3, 0.4) is 0 Å². The second-order valence-corrected chi connectivity index (χ2v) is 25.9. The Balaban J connectivity index is 1.32. The molecule has 1 fully saturated rings. The molecule has 22 nitrogen and oxygen atoms in total. The molecule has 0 bridgehead atoms. The van der Waals surface area contributed by atoms with Gasteiger partial charge in [-0.1, -0.05) is 111 Å². The van der Waals surface area contributed by atoms with Crippen molar-refractivity contribution in [3.63, 3.8) is 0 Å². The van der Waals surface area contributed by atoms with E-state index in [1.165, 1.54) is 26.0 Å². The van der Waals surface area contributed by atoms with Gasteiger partial charge in [0.1, 0.15) is 39.7 Å². The number of nitrogens with zero attached hydrogens (tertiary/aromatic N) is 4. The third-order valence-corrected chi connectivity index (χ3v) is 18.6. The third kappa shape index (κ3) is 20.4. The summed E-state index contributed by atoms with van der Waals surface area (Å²) in [5.41, 5.74) is 2.07. The first kappa shape index (κ1) is 74.2. The molecule has 0 aliphatic carbocycles. The Morgan fingerprint density at radius 3 is 1.85 bits per heavy atom. The van der Waals surface area contributed by atoms with E-state index < -0.39 is 108 Å². The Hall–Kier alpha value is -6.24. The van der Waals surface area contributed by atoms with Gasteiger partial charge in [0.25, 0.3) is 11.8 Å². The van der Waals surface area contributed by atoms with Gasteiger partial charge >= 0.3 is 6.09 Å². The number of likely N-dealkylation sites (N-methyl/N-ethyl adjacent to an activating group) is 2. The average Bonchev–Trinajstić information content (AvgIpc) is 3.74. The molecular formula is C64H95Br2N9O13. The van der Waals surface area contributed by atoms with Crippen molar-refractivity contribution in [1.82, 2.24) is 40.9 Å². The van der Waals surface area contributed by atoms with Crippen LogP contribution in [0.4, 0.5) is 10.5 Å². The van der Waals surface area contributed by atoms with Crippen molar-refractivity contribution in [1.29, 1.82) is 0 Å². The van der Waals surface area contributed by atoms with E-state index in [2.05, 4.69) is 58.4 Å². The van der Waals surface area contributed by atoms with Crippen LogP contribution in [0.15, 0.2) is 63.6 Å². The van der Waals surface area contributed by atoms with E-state index in [0.717, 1.165) is 16.9 Å². The number of unbranched alkanes of at least 4 members (excludes halogenated alkanes) is 1. The van der Waals surface area contributed by atoms with Crippen molar-refractivity contribution in [2.75, 3.05) is 46.7 Å². The molecule has 2 heterocycles. The zero-order valence-corrected chi connectivity index (χ0v) is 57.1. The predicted octanol–water partition coefficient (Wildman–Crippen LogP) is 7.21. The number of rotatable bonds is 33. The average molecular weight is 1360 g/mol. The minimum atomic E-state index is -1.05. The predicted molar refractivity (Wildman–Crippen MR) is 342 cm³/mol. The van der Waals surface area contributed by atoms with E-state index in [1.807, 2.05) is 71.9 Å². The van der Waals surface area contributed by atoms with Gasteiger partial charge in [0.2, 0.25) is 41.4 Å².